The summed E-state index contributed by atoms with van der Waals surface area (Å²) < 4.78 is 52.8. The average Bonchev–Trinajstić information content (AvgIpc) is 3.55. The van der Waals surface area contributed by atoms with Gasteiger partial charge >= 0.3 is 11.8 Å². The van der Waals surface area contributed by atoms with Crippen LogP contribution in [0.1, 0.15) is 16.7 Å². The van der Waals surface area contributed by atoms with E-state index in [4.69, 9.17) is 21.4 Å². The van der Waals surface area contributed by atoms with Gasteiger partial charge in [0.2, 0.25) is 5.82 Å². The second-order valence-corrected chi connectivity index (χ2v) is 7.68. The van der Waals surface area contributed by atoms with Crippen molar-refractivity contribution in [3.05, 3.63) is 83.4 Å². The van der Waals surface area contributed by atoms with Gasteiger partial charge in [0.1, 0.15) is 11.5 Å². The third kappa shape index (κ3) is 4.13. The van der Waals surface area contributed by atoms with Crippen LogP contribution in [0.5, 0.6) is 11.5 Å². The van der Waals surface area contributed by atoms with Gasteiger partial charge < -0.3 is 15.0 Å². The number of alkyl halides is 3. The zero-order chi connectivity index (χ0) is 24.6. The molecule has 1 aliphatic heterocycles. The van der Waals surface area contributed by atoms with E-state index < -0.39 is 11.8 Å². The molecule has 35 heavy (non-hydrogen) atoms. The Balaban J connectivity index is 1.52. The summed E-state index contributed by atoms with van der Waals surface area (Å²) in [6.45, 7) is 0.387. The van der Waals surface area contributed by atoms with E-state index in [1.807, 2.05) is 12.1 Å². The fraction of sp³-hybridized carbons (Fsp3) is 0.120. The third-order valence-corrected chi connectivity index (χ3v) is 5.42. The zero-order valence-corrected chi connectivity index (χ0v) is 18.0. The van der Waals surface area contributed by atoms with Crippen LogP contribution in [0.4, 0.5) is 13.2 Å². The Labute approximate surface area is 197 Å². The molecule has 0 saturated heterocycles. The fourth-order valence-electron chi connectivity index (χ4n) is 3.44. The summed E-state index contributed by atoms with van der Waals surface area (Å²) >= 11 is 0. The van der Waals surface area contributed by atoms with Gasteiger partial charge in [0.25, 0.3) is 5.89 Å². The monoisotopic (exact) mass is 475 g/mol. The minimum Gasteiger partial charge on any atom is -0.457 e. The van der Waals surface area contributed by atoms with Gasteiger partial charge in [0.05, 0.1) is 5.56 Å². The van der Waals surface area contributed by atoms with E-state index in [0.717, 1.165) is 5.56 Å². The molecule has 0 bridgehead atoms. The lowest BCUT2D eigenvalue weighted by molar-refractivity contribution is -0.166. The molecule has 5 rings (SSSR count). The van der Waals surface area contributed by atoms with Crippen LogP contribution >= 0.6 is 0 Å². The highest BCUT2D eigenvalue weighted by atomic mass is 19.4. The molecule has 0 fully saturated rings. The first-order chi connectivity index (χ1) is 16.8. The van der Waals surface area contributed by atoms with Crippen molar-refractivity contribution in [2.75, 3.05) is 0 Å². The quantitative estimate of drug-likeness (QED) is 0.355. The van der Waals surface area contributed by atoms with E-state index in [2.05, 4.69) is 26.3 Å². The van der Waals surface area contributed by atoms with Crippen molar-refractivity contribution in [1.29, 1.82) is 0 Å². The van der Waals surface area contributed by atoms with Crippen LogP contribution < -0.4 is 10.5 Å². The first-order valence-corrected chi connectivity index (χ1v) is 10.4. The number of nitrogens with two attached hydrogens (primary N) is 1. The van der Waals surface area contributed by atoms with Gasteiger partial charge in [-0.25, -0.2) is 0 Å². The predicted molar refractivity (Wildman–Crippen MR) is 120 cm³/mol. The molecular weight excluding hydrogens is 459 g/mol. The Bertz CT molecular complexity index is 1450. The van der Waals surface area contributed by atoms with E-state index in [-0.39, 0.29) is 28.6 Å². The molecule has 0 atom stereocenters. The van der Waals surface area contributed by atoms with E-state index in [0.29, 0.717) is 23.4 Å². The molecule has 0 amide bonds. The number of terminal acetylenes is 1. The summed E-state index contributed by atoms with van der Waals surface area (Å²) in [5.41, 5.74) is 5.07. The molecule has 3 aromatic carbocycles. The molecule has 4 aromatic rings. The molecular formula is C25H16F3N5O2. The number of ether oxygens (including phenoxy) is 1. The highest BCUT2D eigenvalue weighted by Gasteiger charge is 2.66. The van der Waals surface area contributed by atoms with Gasteiger partial charge in [0.15, 0.2) is 0 Å². The summed E-state index contributed by atoms with van der Waals surface area (Å²) in [6.07, 6.45) is 0.589. The van der Waals surface area contributed by atoms with Crippen molar-refractivity contribution in [3.63, 3.8) is 0 Å². The third-order valence-electron chi connectivity index (χ3n) is 5.42. The molecule has 10 heteroatoms. The minimum atomic E-state index is -4.76. The Hall–Kier alpha value is -4.49. The maximum Gasteiger partial charge on any atom is 0.442 e. The van der Waals surface area contributed by atoms with E-state index in [1.54, 1.807) is 36.4 Å². The first-order valence-electron chi connectivity index (χ1n) is 10.4. The molecule has 1 aliphatic rings. The summed E-state index contributed by atoms with van der Waals surface area (Å²) in [5.74, 6) is 3.02. The second kappa shape index (κ2) is 8.38. The smallest absolute Gasteiger partial charge is 0.442 e. The first kappa shape index (κ1) is 22.3. The Morgan fingerprint density at radius 1 is 0.971 bits per heavy atom. The van der Waals surface area contributed by atoms with E-state index >= 15 is 0 Å². The number of rotatable bonds is 6. The van der Waals surface area contributed by atoms with Crippen molar-refractivity contribution >= 4 is 0 Å². The maximum absolute atomic E-state index is 13.9. The van der Waals surface area contributed by atoms with Crippen LogP contribution in [0, 0.1) is 12.3 Å². The summed E-state index contributed by atoms with van der Waals surface area (Å²) in [4.78, 5) is 4.33. The lowest BCUT2D eigenvalue weighted by Crippen LogP contribution is -2.30. The molecule has 2 heterocycles. The number of aromatic nitrogens is 2. The standard InChI is InChI=1S/C25H16F3N5O2/c1-2-15-5-10-19(11-6-15)34-21-12-9-18(13-20(21)24(32-33-24)25(26,27)28)22-30-23(35-31-22)17-7-3-16(14-29)4-8-17/h1,3-13H,14,29H2. The van der Waals surface area contributed by atoms with Crippen LogP contribution in [0.2, 0.25) is 0 Å². The van der Waals surface area contributed by atoms with Gasteiger partial charge in [-0.05, 0) is 60.2 Å². The minimum absolute atomic E-state index is 0.0642. The van der Waals surface area contributed by atoms with Gasteiger partial charge in [-0.3, -0.25) is 0 Å². The highest BCUT2D eigenvalue weighted by molar-refractivity contribution is 5.63. The Morgan fingerprint density at radius 2 is 1.66 bits per heavy atom. The molecule has 7 nitrogen and oxygen atoms in total. The largest absolute Gasteiger partial charge is 0.457 e. The second-order valence-electron chi connectivity index (χ2n) is 7.68. The van der Waals surface area contributed by atoms with Gasteiger partial charge in [0, 0.05) is 23.2 Å². The molecule has 0 saturated carbocycles. The number of benzene rings is 3. The normalized spacial score (nSPS) is 13.9. The summed E-state index contributed by atoms with van der Waals surface area (Å²) in [6, 6.07) is 17.7. The summed E-state index contributed by atoms with van der Waals surface area (Å²) in [5, 5.41) is 10.6. The Kier molecular flexibility index (Phi) is 5.34. The highest BCUT2D eigenvalue weighted by Crippen LogP contribution is 2.55. The van der Waals surface area contributed by atoms with Crippen molar-refractivity contribution in [3.8, 4) is 46.7 Å². The van der Waals surface area contributed by atoms with Crippen molar-refractivity contribution in [2.24, 2.45) is 16.0 Å². The summed E-state index contributed by atoms with van der Waals surface area (Å²) in [7, 11) is 0. The molecule has 0 spiro atoms. The molecule has 174 valence electrons. The molecule has 0 radical (unpaired) electrons. The maximum atomic E-state index is 13.9. The van der Waals surface area contributed by atoms with Gasteiger partial charge in [-0.1, -0.05) is 23.2 Å². The fourth-order valence-corrected chi connectivity index (χ4v) is 3.44. The van der Waals surface area contributed by atoms with E-state index in [1.165, 1.54) is 18.2 Å². The van der Waals surface area contributed by atoms with Crippen LogP contribution in [-0.2, 0) is 12.2 Å². The molecule has 0 unspecified atom stereocenters. The lowest BCUT2D eigenvalue weighted by Gasteiger charge is -2.19. The predicted octanol–water partition coefficient (Wildman–Crippen LogP) is 5.82. The number of halogens is 3. The zero-order valence-electron chi connectivity index (χ0n) is 18.0. The van der Waals surface area contributed by atoms with Crippen LogP contribution in [0.15, 0.2) is 81.5 Å². The molecule has 0 aliphatic carbocycles. The van der Waals surface area contributed by atoms with Crippen molar-refractivity contribution in [2.45, 2.75) is 18.4 Å². The average molecular weight is 475 g/mol. The van der Waals surface area contributed by atoms with Crippen LogP contribution in [-0.4, -0.2) is 16.3 Å². The van der Waals surface area contributed by atoms with Crippen molar-refractivity contribution < 1.29 is 22.4 Å². The molecule has 2 N–H and O–H groups in total. The van der Waals surface area contributed by atoms with Crippen molar-refractivity contribution in [1.82, 2.24) is 10.1 Å². The topological polar surface area (TPSA) is 98.9 Å². The van der Waals surface area contributed by atoms with Gasteiger partial charge in [-0.2, -0.15) is 18.2 Å². The Morgan fingerprint density at radius 3 is 2.26 bits per heavy atom. The lowest BCUT2D eigenvalue weighted by atomic mass is 9.98. The van der Waals surface area contributed by atoms with E-state index in [9.17, 15) is 13.2 Å². The number of nitrogens with zero attached hydrogens (tertiary/aromatic N) is 4. The van der Waals surface area contributed by atoms with Crippen LogP contribution in [0.3, 0.4) is 0 Å². The number of hydrogen-bond acceptors (Lipinski definition) is 7. The SMILES string of the molecule is C#Cc1ccc(Oc2ccc(-c3noc(-c4ccc(CN)cc4)n3)cc2C2(C(F)(F)F)N=N2)cc1. The number of hydrogen-bond donors (Lipinski definition) is 1. The molecule has 1 aromatic heterocycles. The van der Waals surface area contributed by atoms with Crippen LogP contribution in [0.25, 0.3) is 22.8 Å². The van der Waals surface area contributed by atoms with Gasteiger partial charge in [-0.15, -0.1) is 16.7 Å².